The second-order valence-corrected chi connectivity index (χ2v) is 6.00. The predicted octanol–water partition coefficient (Wildman–Crippen LogP) is 2.81. The highest BCUT2D eigenvalue weighted by atomic mass is 16.5. The van der Waals surface area contributed by atoms with Gasteiger partial charge in [0.25, 0.3) is 0 Å². The van der Waals surface area contributed by atoms with Crippen molar-refractivity contribution in [1.82, 2.24) is 5.32 Å². The number of hydrogen-bond donors (Lipinski definition) is 1. The zero-order valence-electron chi connectivity index (χ0n) is 16.0. The fraction of sp³-hybridized carbons (Fsp3) is 0.333. The predicted molar refractivity (Wildman–Crippen MR) is 105 cm³/mol. The van der Waals surface area contributed by atoms with Gasteiger partial charge in [-0.05, 0) is 48.4 Å². The van der Waals surface area contributed by atoms with E-state index in [4.69, 9.17) is 9.47 Å². The molecule has 0 heterocycles. The number of carbonyl (C=O) groups is 2. The van der Waals surface area contributed by atoms with Crippen LogP contribution in [0.15, 0.2) is 48.5 Å². The molecule has 0 unspecified atom stereocenters. The van der Waals surface area contributed by atoms with Gasteiger partial charge in [0.2, 0.25) is 11.8 Å². The topological polar surface area (TPSA) is 67.9 Å². The average Bonchev–Trinajstić information content (AvgIpc) is 2.70. The Morgan fingerprint density at radius 2 is 1.63 bits per heavy atom. The molecule has 0 fully saturated rings. The lowest BCUT2D eigenvalue weighted by Gasteiger charge is -2.21. The van der Waals surface area contributed by atoms with Crippen molar-refractivity contribution in [2.24, 2.45) is 0 Å². The monoisotopic (exact) mass is 370 g/mol. The number of hydrogen-bond acceptors (Lipinski definition) is 4. The molecule has 2 rings (SSSR count). The maximum absolute atomic E-state index is 12.2. The number of benzene rings is 2. The van der Waals surface area contributed by atoms with E-state index < -0.39 is 0 Å². The molecule has 0 radical (unpaired) electrons. The molecule has 0 aliphatic heterocycles. The molecule has 2 aromatic rings. The van der Waals surface area contributed by atoms with E-state index in [1.165, 1.54) is 17.4 Å². The smallest absolute Gasteiger partial charge is 0.240 e. The number of anilines is 1. The van der Waals surface area contributed by atoms with Gasteiger partial charge in [0, 0.05) is 12.6 Å². The highest BCUT2D eigenvalue weighted by Crippen LogP contribution is 2.17. The van der Waals surface area contributed by atoms with Crippen LogP contribution in [0, 0.1) is 0 Å². The van der Waals surface area contributed by atoms with Crippen LogP contribution in [0.4, 0.5) is 5.69 Å². The molecular weight excluding hydrogens is 344 g/mol. The second kappa shape index (κ2) is 10.2. The van der Waals surface area contributed by atoms with Gasteiger partial charge in [-0.2, -0.15) is 0 Å². The van der Waals surface area contributed by atoms with Crippen LogP contribution in [0.3, 0.4) is 0 Å². The summed E-state index contributed by atoms with van der Waals surface area (Å²) < 4.78 is 10.7. The Morgan fingerprint density at radius 1 is 1.00 bits per heavy atom. The first-order chi connectivity index (χ1) is 13.0. The molecule has 2 amide bonds. The molecule has 0 aliphatic rings. The van der Waals surface area contributed by atoms with Gasteiger partial charge in [0.15, 0.2) is 0 Å². The summed E-state index contributed by atoms with van der Waals surface area (Å²) in [4.78, 5) is 25.5. The summed E-state index contributed by atoms with van der Waals surface area (Å²) in [5.74, 6) is 1.05. The summed E-state index contributed by atoms with van der Waals surface area (Å²) in [5, 5.41) is 2.77. The minimum absolute atomic E-state index is 0.0245. The van der Waals surface area contributed by atoms with E-state index in [0.29, 0.717) is 24.6 Å². The van der Waals surface area contributed by atoms with Crippen molar-refractivity contribution >= 4 is 17.5 Å². The fourth-order valence-corrected chi connectivity index (χ4v) is 2.53. The first kappa shape index (κ1) is 20.3. The third-order valence-electron chi connectivity index (χ3n) is 4.09. The maximum Gasteiger partial charge on any atom is 0.240 e. The Labute approximate surface area is 160 Å². The van der Waals surface area contributed by atoms with Crippen molar-refractivity contribution in [3.8, 4) is 11.5 Å². The number of nitrogens with zero attached hydrogens (tertiary/aromatic N) is 1. The van der Waals surface area contributed by atoms with E-state index in [0.717, 1.165) is 12.2 Å². The van der Waals surface area contributed by atoms with Crippen LogP contribution in [0.5, 0.6) is 11.5 Å². The summed E-state index contributed by atoms with van der Waals surface area (Å²) in [6.45, 7) is 4.19. The summed E-state index contributed by atoms with van der Waals surface area (Å²) in [5.41, 5.74) is 1.90. The number of aryl methyl sites for hydroxylation is 1. The van der Waals surface area contributed by atoms with Crippen LogP contribution in [0.1, 0.15) is 19.4 Å². The molecule has 0 bridgehead atoms. The summed E-state index contributed by atoms with van der Waals surface area (Å²) >= 11 is 0. The number of rotatable bonds is 9. The number of methoxy groups -OCH3 is 1. The lowest BCUT2D eigenvalue weighted by atomic mass is 10.1. The van der Waals surface area contributed by atoms with Crippen molar-refractivity contribution < 1.29 is 19.1 Å². The zero-order chi connectivity index (χ0) is 19.6. The molecule has 2 aromatic carbocycles. The van der Waals surface area contributed by atoms with Gasteiger partial charge >= 0.3 is 0 Å². The summed E-state index contributed by atoms with van der Waals surface area (Å²) in [6.07, 6.45) is 0.926. The highest BCUT2D eigenvalue weighted by molar-refractivity contribution is 5.97. The van der Waals surface area contributed by atoms with Crippen LogP contribution in [-0.4, -0.2) is 38.6 Å². The van der Waals surface area contributed by atoms with Crippen LogP contribution >= 0.6 is 0 Å². The van der Waals surface area contributed by atoms with Gasteiger partial charge in [-0.25, -0.2) is 0 Å². The van der Waals surface area contributed by atoms with Gasteiger partial charge in [-0.15, -0.1) is 0 Å². The molecule has 0 atom stereocenters. The normalized spacial score (nSPS) is 10.2. The maximum atomic E-state index is 12.2. The second-order valence-electron chi connectivity index (χ2n) is 6.00. The third-order valence-corrected chi connectivity index (χ3v) is 4.09. The van der Waals surface area contributed by atoms with Crippen molar-refractivity contribution in [2.75, 3.05) is 31.7 Å². The average molecular weight is 370 g/mol. The molecule has 6 heteroatoms. The number of ether oxygens (including phenoxy) is 2. The Bertz CT molecular complexity index is 742. The number of amides is 2. The van der Waals surface area contributed by atoms with E-state index in [1.807, 2.05) is 36.4 Å². The molecule has 0 aromatic heterocycles. The lowest BCUT2D eigenvalue weighted by molar-refractivity contribution is -0.123. The molecule has 0 saturated carbocycles. The fourth-order valence-electron chi connectivity index (χ4n) is 2.53. The molecule has 0 saturated heterocycles. The van der Waals surface area contributed by atoms with Crippen LogP contribution in [0.25, 0.3) is 0 Å². The van der Waals surface area contributed by atoms with Crippen LogP contribution in [0.2, 0.25) is 0 Å². The van der Waals surface area contributed by atoms with E-state index in [-0.39, 0.29) is 18.4 Å². The standard InChI is InChI=1S/C21H26N2O4/c1-4-17-5-7-18(8-6-17)23(16(2)24)15-21(25)22-13-14-27-20-11-9-19(26-3)10-12-20/h5-12H,4,13-15H2,1-3H3,(H,22,25). The van der Waals surface area contributed by atoms with E-state index >= 15 is 0 Å². The van der Waals surface area contributed by atoms with Crippen molar-refractivity contribution in [3.05, 3.63) is 54.1 Å². The largest absolute Gasteiger partial charge is 0.497 e. The molecule has 6 nitrogen and oxygen atoms in total. The third kappa shape index (κ3) is 6.33. The molecule has 144 valence electrons. The molecule has 27 heavy (non-hydrogen) atoms. The van der Waals surface area contributed by atoms with Gasteiger partial charge in [-0.3, -0.25) is 9.59 Å². The number of nitrogens with one attached hydrogen (secondary N) is 1. The van der Waals surface area contributed by atoms with Crippen molar-refractivity contribution in [2.45, 2.75) is 20.3 Å². The molecule has 0 aliphatic carbocycles. The van der Waals surface area contributed by atoms with Gasteiger partial charge in [0.1, 0.15) is 24.7 Å². The highest BCUT2D eigenvalue weighted by Gasteiger charge is 2.15. The molecular formula is C21H26N2O4. The first-order valence-electron chi connectivity index (χ1n) is 8.94. The minimum Gasteiger partial charge on any atom is -0.497 e. The summed E-state index contributed by atoms with van der Waals surface area (Å²) in [6, 6.07) is 14.9. The quantitative estimate of drug-likeness (QED) is 0.689. The van der Waals surface area contributed by atoms with Crippen LogP contribution < -0.4 is 19.7 Å². The van der Waals surface area contributed by atoms with E-state index in [9.17, 15) is 9.59 Å². The van der Waals surface area contributed by atoms with E-state index in [2.05, 4.69) is 12.2 Å². The Kier molecular flexibility index (Phi) is 7.67. The first-order valence-corrected chi connectivity index (χ1v) is 8.94. The van der Waals surface area contributed by atoms with Crippen molar-refractivity contribution in [1.29, 1.82) is 0 Å². The Balaban J connectivity index is 1.80. The minimum atomic E-state index is -0.233. The van der Waals surface area contributed by atoms with Gasteiger partial charge < -0.3 is 19.7 Å². The Hall–Kier alpha value is -3.02. The molecule has 1 N–H and O–H groups in total. The van der Waals surface area contributed by atoms with Gasteiger partial charge in [-0.1, -0.05) is 19.1 Å². The van der Waals surface area contributed by atoms with Crippen molar-refractivity contribution in [3.63, 3.8) is 0 Å². The summed E-state index contributed by atoms with van der Waals surface area (Å²) in [7, 11) is 1.61. The SMILES string of the molecule is CCc1ccc(N(CC(=O)NCCOc2ccc(OC)cc2)C(C)=O)cc1. The Morgan fingerprint density at radius 3 is 2.19 bits per heavy atom. The van der Waals surface area contributed by atoms with Crippen LogP contribution in [-0.2, 0) is 16.0 Å². The molecule has 0 spiro atoms. The number of carbonyl (C=O) groups excluding carboxylic acids is 2. The zero-order valence-corrected chi connectivity index (χ0v) is 16.0. The lowest BCUT2D eigenvalue weighted by Crippen LogP contribution is -2.41. The van der Waals surface area contributed by atoms with Gasteiger partial charge in [0.05, 0.1) is 13.7 Å². The van der Waals surface area contributed by atoms with E-state index in [1.54, 1.807) is 19.2 Å².